The van der Waals surface area contributed by atoms with Gasteiger partial charge in [-0.05, 0) is 29.8 Å². The van der Waals surface area contributed by atoms with E-state index in [2.05, 4.69) is 26.1 Å². The van der Waals surface area contributed by atoms with Gasteiger partial charge in [0.15, 0.2) is 0 Å². The van der Waals surface area contributed by atoms with E-state index in [-0.39, 0.29) is 6.42 Å². The first-order valence-corrected chi connectivity index (χ1v) is 11.9. The molecule has 1 unspecified atom stereocenters. The SMILES string of the molecule is COc1cccc(NC(=O)NC(Cc2ccccc2)C(=O)Nc2nnc(-c3cccc(Cl)c3)s2)c1. The fourth-order valence-electron chi connectivity index (χ4n) is 3.29. The van der Waals surface area contributed by atoms with Crippen LogP contribution in [0.5, 0.6) is 5.75 Å². The van der Waals surface area contributed by atoms with Crippen molar-refractivity contribution in [3.63, 3.8) is 0 Å². The van der Waals surface area contributed by atoms with Crippen LogP contribution in [0.25, 0.3) is 10.6 Å². The molecule has 0 aliphatic heterocycles. The average Bonchev–Trinajstić information content (AvgIpc) is 3.33. The molecule has 0 fully saturated rings. The van der Waals surface area contributed by atoms with Crippen molar-refractivity contribution in [3.8, 4) is 16.3 Å². The molecule has 1 atom stereocenters. The van der Waals surface area contributed by atoms with Crippen LogP contribution in [0, 0.1) is 0 Å². The molecular formula is C25H22ClN5O3S. The second kappa shape index (κ2) is 11.5. The van der Waals surface area contributed by atoms with Crippen LogP contribution in [0.4, 0.5) is 15.6 Å². The molecule has 8 nitrogen and oxygen atoms in total. The van der Waals surface area contributed by atoms with Crippen LogP contribution < -0.4 is 20.7 Å². The monoisotopic (exact) mass is 507 g/mol. The average molecular weight is 508 g/mol. The molecular weight excluding hydrogens is 486 g/mol. The van der Waals surface area contributed by atoms with Crippen molar-refractivity contribution in [2.75, 3.05) is 17.7 Å². The van der Waals surface area contributed by atoms with Gasteiger partial charge < -0.3 is 15.4 Å². The molecule has 1 heterocycles. The van der Waals surface area contributed by atoms with Crippen LogP contribution in [0.15, 0.2) is 78.9 Å². The number of rotatable bonds is 8. The van der Waals surface area contributed by atoms with Crippen molar-refractivity contribution < 1.29 is 14.3 Å². The molecule has 0 spiro atoms. The van der Waals surface area contributed by atoms with Gasteiger partial charge in [-0.2, -0.15) is 0 Å². The number of hydrogen-bond donors (Lipinski definition) is 3. The lowest BCUT2D eigenvalue weighted by molar-refractivity contribution is -0.117. The predicted octanol–water partition coefficient (Wildman–Crippen LogP) is 5.24. The Hall–Kier alpha value is -3.95. The van der Waals surface area contributed by atoms with E-state index < -0.39 is 18.0 Å². The normalized spacial score (nSPS) is 11.4. The summed E-state index contributed by atoms with van der Waals surface area (Å²) >= 11 is 7.28. The highest BCUT2D eigenvalue weighted by Gasteiger charge is 2.23. The van der Waals surface area contributed by atoms with E-state index in [9.17, 15) is 9.59 Å². The minimum absolute atomic E-state index is 0.290. The summed E-state index contributed by atoms with van der Waals surface area (Å²) < 4.78 is 5.19. The highest BCUT2D eigenvalue weighted by Crippen LogP contribution is 2.28. The highest BCUT2D eigenvalue weighted by molar-refractivity contribution is 7.18. The maximum Gasteiger partial charge on any atom is 0.319 e. The standard InChI is InChI=1S/C25H22ClN5O3S/c1-34-20-12-6-11-19(15-20)27-24(33)28-21(13-16-7-3-2-4-8-16)22(32)29-25-31-30-23(35-25)17-9-5-10-18(26)14-17/h2-12,14-15,21H,13H2,1H3,(H2,27,28,33)(H,29,31,32). The van der Waals surface area contributed by atoms with E-state index in [1.807, 2.05) is 42.5 Å². The number of halogens is 1. The number of hydrogen-bond acceptors (Lipinski definition) is 6. The first kappa shape index (κ1) is 24.2. The Kier molecular flexibility index (Phi) is 7.92. The van der Waals surface area contributed by atoms with Crippen molar-refractivity contribution in [2.45, 2.75) is 12.5 Å². The molecule has 0 bridgehead atoms. The first-order valence-electron chi connectivity index (χ1n) is 10.7. The molecule has 4 rings (SSSR count). The number of nitrogens with zero attached hydrogens (tertiary/aromatic N) is 2. The van der Waals surface area contributed by atoms with Gasteiger partial charge in [-0.15, -0.1) is 10.2 Å². The van der Waals surface area contributed by atoms with Crippen molar-refractivity contribution in [3.05, 3.63) is 89.4 Å². The number of nitrogens with one attached hydrogen (secondary N) is 3. The Labute approximate surface area is 211 Å². The van der Waals surface area contributed by atoms with Crippen LogP contribution in [-0.4, -0.2) is 35.3 Å². The fraction of sp³-hybridized carbons (Fsp3) is 0.120. The zero-order valence-corrected chi connectivity index (χ0v) is 20.3. The molecule has 0 saturated heterocycles. The summed E-state index contributed by atoms with van der Waals surface area (Å²) in [5, 5.41) is 18.0. The van der Waals surface area contributed by atoms with Crippen LogP contribution in [0.1, 0.15) is 5.56 Å². The topological polar surface area (TPSA) is 105 Å². The molecule has 1 aromatic heterocycles. The first-order chi connectivity index (χ1) is 17.0. The molecule has 4 aromatic rings. The molecule has 3 aromatic carbocycles. The van der Waals surface area contributed by atoms with Crippen molar-refractivity contribution in [2.24, 2.45) is 0 Å². The van der Waals surface area contributed by atoms with Crippen LogP contribution in [0.3, 0.4) is 0 Å². The Morgan fingerprint density at radius 3 is 2.54 bits per heavy atom. The quantitative estimate of drug-likeness (QED) is 0.302. The van der Waals surface area contributed by atoms with E-state index in [1.165, 1.54) is 11.3 Å². The van der Waals surface area contributed by atoms with Gasteiger partial charge in [0.1, 0.15) is 16.8 Å². The zero-order chi connectivity index (χ0) is 24.6. The summed E-state index contributed by atoms with van der Waals surface area (Å²) in [6.45, 7) is 0. The lowest BCUT2D eigenvalue weighted by Crippen LogP contribution is -2.46. The van der Waals surface area contributed by atoms with Gasteiger partial charge in [-0.1, -0.05) is 71.5 Å². The molecule has 0 aliphatic carbocycles. The Balaban J connectivity index is 1.47. The van der Waals surface area contributed by atoms with Gasteiger partial charge in [0.2, 0.25) is 11.0 Å². The minimum atomic E-state index is -0.860. The van der Waals surface area contributed by atoms with Crippen LogP contribution >= 0.6 is 22.9 Å². The third-order valence-electron chi connectivity index (χ3n) is 4.96. The number of ether oxygens (including phenoxy) is 1. The maximum absolute atomic E-state index is 13.1. The van der Waals surface area contributed by atoms with E-state index in [4.69, 9.17) is 16.3 Å². The number of aromatic nitrogens is 2. The van der Waals surface area contributed by atoms with E-state index in [0.29, 0.717) is 26.6 Å². The molecule has 3 N–H and O–H groups in total. The number of methoxy groups -OCH3 is 1. The largest absolute Gasteiger partial charge is 0.497 e. The van der Waals surface area contributed by atoms with Crippen molar-refractivity contribution in [1.82, 2.24) is 15.5 Å². The van der Waals surface area contributed by atoms with Crippen LogP contribution in [-0.2, 0) is 11.2 Å². The molecule has 178 valence electrons. The number of benzene rings is 3. The maximum atomic E-state index is 13.1. The lowest BCUT2D eigenvalue weighted by atomic mass is 10.1. The van der Waals surface area contributed by atoms with Gasteiger partial charge in [0.25, 0.3) is 0 Å². The van der Waals surface area contributed by atoms with Gasteiger partial charge >= 0.3 is 6.03 Å². The third kappa shape index (κ3) is 6.78. The Morgan fingerprint density at radius 2 is 1.77 bits per heavy atom. The van der Waals surface area contributed by atoms with Crippen molar-refractivity contribution >= 4 is 45.7 Å². The summed E-state index contributed by atoms with van der Waals surface area (Å²) in [4.78, 5) is 25.9. The molecule has 0 radical (unpaired) electrons. The summed E-state index contributed by atoms with van der Waals surface area (Å²) in [5.41, 5.74) is 2.23. The molecule has 35 heavy (non-hydrogen) atoms. The number of carbonyl (C=O) groups is 2. The van der Waals surface area contributed by atoms with Gasteiger partial charge in [-0.25, -0.2) is 4.79 Å². The molecule has 3 amide bonds. The minimum Gasteiger partial charge on any atom is -0.497 e. The summed E-state index contributed by atoms with van der Waals surface area (Å²) in [7, 11) is 1.55. The van der Waals surface area contributed by atoms with Gasteiger partial charge in [-0.3, -0.25) is 10.1 Å². The summed E-state index contributed by atoms with van der Waals surface area (Å²) in [6.07, 6.45) is 0.290. The summed E-state index contributed by atoms with van der Waals surface area (Å²) in [5.74, 6) is 0.191. The molecule has 0 aliphatic rings. The van der Waals surface area contributed by atoms with E-state index in [1.54, 1.807) is 43.5 Å². The second-order valence-electron chi connectivity index (χ2n) is 7.48. The number of amides is 3. The predicted molar refractivity (Wildman–Crippen MR) is 138 cm³/mol. The fourth-order valence-corrected chi connectivity index (χ4v) is 4.22. The Bertz CT molecular complexity index is 1320. The van der Waals surface area contributed by atoms with Gasteiger partial charge in [0.05, 0.1) is 7.11 Å². The van der Waals surface area contributed by atoms with Gasteiger partial charge in [0, 0.05) is 28.8 Å². The summed E-state index contributed by atoms with van der Waals surface area (Å²) in [6, 6.07) is 22.2. The highest BCUT2D eigenvalue weighted by atomic mass is 35.5. The third-order valence-corrected chi connectivity index (χ3v) is 6.08. The van der Waals surface area contributed by atoms with Crippen LogP contribution in [0.2, 0.25) is 5.02 Å². The molecule has 0 saturated carbocycles. The number of carbonyl (C=O) groups excluding carboxylic acids is 2. The smallest absolute Gasteiger partial charge is 0.319 e. The zero-order valence-electron chi connectivity index (χ0n) is 18.7. The Morgan fingerprint density at radius 1 is 0.971 bits per heavy atom. The number of urea groups is 1. The second-order valence-corrected chi connectivity index (χ2v) is 8.90. The van der Waals surface area contributed by atoms with E-state index in [0.717, 1.165) is 11.1 Å². The number of anilines is 2. The van der Waals surface area contributed by atoms with E-state index >= 15 is 0 Å². The molecule has 10 heteroatoms. The van der Waals surface area contributed by atoms with Crippen molar-refractivity contribution in [1.29, 1.82) is 0 Å². The lowest BCUT2D eigenvalue weighted by Gasteiger charge is -2.18.